The molecule has 5 heteroatoms. The van der Waals surface area contributed by atoms with Gasteiger partial charge in [0, 0.05) is 12.1 Å². The van der Waals surface area contributed by atoms with Crippen LogP contribution in [0.4, 0.5) is 0 Å². The quantitative estimate of drug-likeness (QED) is 0.913. The lowest BCUT2D eigenvalue weighted by atomic mass is 10.2. The molecule has 1 heterocycles. The van der Waals surface area contributed by atoms with E-state index in [0.29, 0.717) is 17.8 Å². The number of hydrogen-bond donors (Lipinski definition) is 1. The maximum absolute atomic E-state index is 11.9. The first-order valence-corrected chi connectivity index (χ1v) is 6.63. The van der Waals surface area contributed by atoms with Crippen LogP contribution in [0, 0.1) is 0 Å². The van der Waals surface area contributed by atoms with E-state index < -0.39 is 0 Å². The number of rotatable bonds is 5. The van der Waals surface area contributed by atoms with Crippen LogP contribution in [0.5, 0.6) is 0 Å². The molecule has 100 valence electrons. The summed E-state index contributed by atoms with van der Waals surface area (Å²) in [4.78, 5) is 21.4. The van der Waals surface area contributed by atoms with E-state index >= 15 is 0 Å². The Bertz CT molecular complexity index is 636. The van der Waals surface area contributed by atoms with Crippen LogP contribution in [0.3, 0.4) is 0 Å². The fraction of sp³-hybridized carbons (Fsp3) is 0.286. The standard InChI is InChI=1S/C14H16ClN3O/c1-2-18(9-5-8-15)10-13-16-12-7-4-3-6-11(12)14(19)17-13/h3-8H,2,9-10H2,1H3,(H,16,17,19)/b8-5+. The Morgan fingerprint density at radius 3 is 2.95 bits per heavy atom. The Hall–Kier alpha value is -1.65. The number of para-hydroxylation sites is 1. The first-order chi connectivity index (χ1) is 9.24. The van der Waals surface area contributed by atoms with Gasteiger partial charge in [0.05, 0.1) is 17.4 Å². The zero-order valence-electron chi connectivity index (χ0n) is 10.8. The summed E-state index contributed by atoms with van der Waals surface area (Å²) in [7, 11) is 0. The minimum absolute atomic E-state index is 0.0930. The molecule has 0 fully saturated rings. The lowest BCUT2D eigenvalue weighted by Crippen LogP contribution is -2.25. The predicted molar refractivity (Wildman–Crippen MR) is 78.3 cm³/mol. The van der Waals surface area contributed by atoms with Crippen molar-refractivity contribution in [3.8, 4) is 0 Å². The van der Waals surface area contributed by atoms with Gasteiger partial charge in [-0.2, -0.15) is 0 Å². The third kappa shape index (κ3) is 3.43. The van der Waals surface area contributed by atoms with E-state index in [2.05, 4.69) is 21.8 Å². The number of aromatic amines is 1. The van der Waals surface area contributed by atoms with Gasteiger partial charge in [-0.3, -0.25) is 9.69 Å². The van der Waals surface area contributed by atoms with Gasteiger partial charge in [0.15, 0.2) is 0 Å². The molecule has 1 N–H and O–H groups in total. The van der Waals surface area contributed by atoms with Crippen LogP contribution < -0.4 is 5.56 Å². The van der Waals surface area contributed by atoms with Gasteiger partial charge >= 0.3 is 0 Å². The lowest BCUT2D eigenvalue weighted by molar-refractivity contribution is 0.303. The summed E-state index contributed by atoms with van der Waals surface area (Å²) in [5, 5.41) is 0.620. The zero-order valence-corrected chi connectivity index (χ0v) is 11.5. The molecule has 0 unspecified atom stereocenters. The van der Waals surface area contributed by atoms with Crippen molar-refractivity contribution < 1.29 is 0 Å². The van der Waals surface area contributed by atoms with Crippen molar-refractivity contribution in [2.24, 2.45) is 0 Å². The predicted octanol–water partition coefficient (Wildman–Crippen LogP) is 2.50. The van der Waals surface area contributed by atoms with E-state index in [1.807, 2.05) is 24.3 Å². The van der Waals surface area contributed by atoms with Gasteiger partial charge in [0.2, 0.25) is 0 Å². The van der Waals surface area contributed by atoms with Crippen molar-refractivity contribution in [3.05, 3.63) is 52.1 Å². The summed E-state index contributed by atoms with van der Waals surface area (Å²) < 4.78 is 0. The van der Waals surface area contributed by atoms with Crippen LogP contribution in [0.25, 0.3) is 10.9 Å². The molecule has 19 heavy (non-hydrogen) atoms. The molecule has 2 aromatic rings. The molecule has 0 aliphatic heterocycles. The molecular weight excluding hydrogens is 262 g/mol. The van der Waals surface area contributed by atoms with Crippen molar-refractivity contribution in [3.63, 3.8) is 0 Å². The van der Waals surface area contributed by atoms with E-state index in [4.69, 9.17) is 11.6 Å². The molecule has 1 aromatic carbocycles. The molecule has 0 aliphatic rings. The fourth-order valence-electron chi connectivity index (χ4n) is 1.92. The summed E-state index contributed by atoms with van der Waals surface area (Å²) in [6.45, 7) is 4.24. The number of aromatic nitrogens is 2. The SMILES string of the molecule is CCN(C/C=C/Cl)Cc1nc2ccccc2c(=O)[nH]1. The number of benzene rings is 1. The Kier molecular flexibility index (Phi) is 4.71. The maximum Gasteiger partial charge on any atom is 0.258 e. The monoisotopic (exact) mass is 277 g/mol. The number of likely N-dealkylation sites (N-methyl/N-ethyl adjacent to an activating group) is 1. The molecule has 0 aliphatic carbocycles. The highest BCUT2D eigenvalue weighted by molar-refractivity contribution is 6.25. The Balaban J connectivity index is 2.27. The number of nitrogens with one attached hydrogen (secondary N) is 1. The van der Waals surface area contributed by atoms with Gasteiger partial charge in [-0.15, -0.1) is 0 Å². The second kappa shape index (κ2) is 6.50. The fourth-order valence-corrected chi connectivity index (χ4v) is 2.00. The van der Waals surface area contributed by atoms with E-state index in [1.165, 1.54) is 5.54 Å². The topological polar surface area (TPSA) is 49.0 Å². The van der Waals surface area contributed by atoms with Crippen molar-refractivity contribution in [1.82, 2.24) is 14.9 Å². The van der Waals surface area contributed by atoms with Crippen molar-refractivity contribution in [2.45, 2.75) is 13.5 Å². The highest BCUT2D eigenvalue weighted by Crippen LogP contribution is 2.07. The van der Waals surface area contributed by atoms with Crippen molar-refractivity contribution >= 4 is 22.5 Å². The lowest BCUT2D eigenvalue weighted by Gasteiger charge is -2.17. The summed E-state index contributed by atoms with van der Waals surface area (Å²) >= 11 is 5.53. The average Bonchev–Trinajstić information content (AvgIpc) is 2.43. The van der Waals surface area contributed by atoms with Crippen molar-refractivity contribution in [2.75, 3.05) is 13.1 Å². The van der Waals surface area contributed by atoms with Crippen LogP contribution in [-0.4, -0.2) is 28.0 Å². The maximum atomic E-state index is 11.9. The minimum Gasteiger partial charge on any atom is -0.309 e. The van der Waals surface area contributed by atoms with Gasteiger partial charge in [0.25, 0.3) is 5.56 Å². The number of hydrogen-bond acceptors (Lipinski definition) is 3. The number of H-pyrrole nitrogens is 1. The summed E-state index contributed by atoms with van der Waals surface area (Å²) in [6, 6.07) is 7.34. The molecule has 0 bridgehead atoms. The van der Waals surface area contributed by atoms with Crippen LogP contribution in [0.2, 0.25) is 0 Å². The van der Waals surface area contributed by atoms with Crippen LogP contribution in [-0.2, 0) is 6.54 Å². The van der Waals surface area contributed by atoms with Crippen molar-refractivity contribution in [1.29, 1.82) is 0 Å². The number of nitrogens with zero attached hydrogens (tertiary/aromatic N) is 2. The molecule has 0 radical (unpaired) electrons. The summed E-state index contributed by atoms with van der Waals surface area (Å²) in [5.74, 6) is 0.675. The smallest absolute Gasteiger partial charge is 0.258 e. The van der Waals surface area contributed by atoms with Gasteiger partial charge < -0.3 is 4.98 Å². The van der Waals surface area contributed by atoms with Gasteiger partial charge in [-0.1, -0.05) is 36.7 Å². The molecule has 0 atom stereocenters. The largest absolute Gasteiger partial charge is 0.309 e. The molecule has 0 saturated carbocycles. The Morgan fingerprint density at radius 1 is 1.42 bits per heavy atom. The average molecular weight is 278 g/mol. The zero-order chi connectivity index (χ0) is 13.7. The molecule has 2 rings (SSSR count). The molecular formula is C14H16ClN3O. The first-order valence-electron chi connectivity index (χ1n) is 6.20. The van der Waals surface area contributed by atoms with E-state index in [-0.39, 0.29) is 5.56 Å². The van der Waals surface area contributed by atoms with Gasteiger partial charge in [-0.25, -0.2) is 4.98 Å². The normalized spacial score (nSPS) is 11.7. The molecule has 0 saturated heterocycles. The summed E-state index contributed by atoms with van der Waals surface area (Å²) in [5.41, 5.74) is 2.13. The van der Waals surface area contributed by atoms with Crippen LogP contribution in [0.1, 0.15) is 12.7 Å². The Morgan fingerprint density at radius 2 is 2.21 bits per heavy atom. The molecule has 0 amide bonds. The van der Waals surface area contributed by atoms with Crippen LogP contribution >= 0.6 is 11.6 Å². The second-order valence-electron chi connectivity index (χ2n) is 4.22. The highest BCUT2D eigenvalue weighted by atomic mass is 35.5. The molecule has 1 aromatic heterocycles. The van der Waals surface area contributed by atoms with Gasteiger partial charge in [0.1, 0.15) is 5.82 Å². The Labute approximate surface area is 116 Å². The van der Waals surface area contributed by atoms with Gasteiger partial charge in [-0.05, 0) is 18.7 Å². The number of halogens is 1. The van der Waals surface area contributed by atoms with Crippen LogP contribution in [0.15, 0.2) is 40.7 Å². The number of fused-ring (bicyclic) bond motifs is 1. The van der Waals surface area contributed by atoms with E-state index in [1.54, 1.807) is 6.07 Å². The molecule has 0 spiro atoms. The van der Waals surface area contributed by atoms with E-state index in [0.717, 1.165) is 18.6 Å². The molecule has 4 nitrogen and oxygen atoms in total. The minimum atomic E-state index is -0.0930. The summed E-state index contributed by atoms with van der Waals surface area (Å²) in [6.07, 6.45) is 1.87. The second-order valence-corrected chi connectivity index (χ2v) is 4.47. The third-order valence-electron chi connectivity index (χ3n) is 2.94. The third-order valence-corrected chi connectivity index (χ3v) is 3.11. The first kappa shape index (κ1) is 13.8. The highest BCUT2D eigenvalue weighted by Gasteiger charge is 2.06. The van der Waals surface area contributed by atoms with E-state index in [9.17, 15) is 4.79 Å².